The van der Waals surface area contributed by atoms with Crippen molar-refractivity contribution in [1.29, 1.82) is 0 Å². The van der Waals surface area contributed by atoms with E-state index in [-0.39, 0.29) is 6.47 Å². The SMILES string of the molecule is CCCCOc1nc(N)c2nc(OC)n(CCCN3CCCCC3)c2n1.O=CO. The monoisotopic (exact) mass is 408 g/mol. The molecule has 0 radical (unpaired) electrons. The number of aryl methyl sites for hydroxylation is 1. The molecule has 10 heteroatoms. The number of hydrogen-bond donors (Lipinski definition) is 2. The maximum Gasteiger partial charge on any atom is 0.320 e. The molecule has 3 rings (SSSR count). The van der Waals surface area contributed by atoms with Gasteiger partial charge in [0.05, 0.1) is 13.7 Å². The van der Waals surface area contributed by atoms with E-state index in [4.69, 9.17) is 25.1 Å². The molecule has 10 nitrogen and oxygen atoms in total. The Morgan fingerprint density at radius 3 is 2.52 bits per heavy atom. The van der Waals surface area contributed by atoms with Crippen molar-refractivity contribution in [1.82, 2.24) is 24.4 Å². The summed E-state index contributed by atoms with van der Waals surface area (Å²) < 4.78 is 13.1. The van der Waals surface area contributed by atoms with E-state index in [1.807, 2.05) is 4.57 Å². The van der Waals surface area contributed by atoms with Gasteiger partial charge in [0.15, 0.2) is 17.0 Å². The summed E-state index contributed by atoms with van der Waals surface area (Å²) in [6.45, 7) is 6.70. The van der Waals surface area contributed by atoms with Gasteiger partial charge in [-0.1, -0.05) is 19.8 Å². The molecule has 29 heavy (non-hydrogen) atoms. The second-order valence-electron chi connectivity index (χ2n) is 6.88. The Bertz CT molecular complexity index is 761. The molecule has 0 amide bonds. The smallest absolute Gasteiger partial charge is 0.320 e. The normalized spacial score (nSPS) is 14.3. The van der Waals surface area contributed by atoms with Crippen molar-refractivity contribution in [3.05, 3.63) is 0 Å². The molecule has 2 aromatic rings. The molecule has 0 bridgehead atoms. The number of hydrogen-bond acceptors (Lipinski definition) is 8. The second-order valence-corrected chi connectivity index (χ2v) is 6.88. The highest BCUT2D eigenvalue weighted by Gasteiger charge is 2.18. The van der Waals surface area contributed by atoms with Gasteiger partial charge in [-0.2, -0.15) is 15.0 Å². The van der Waals surface area contributed by atoms with E-state index in [0.717, 1.165) is 32.4 Å². The van der Waals surface area contributed by atoms with Gasteiger partial charge in [0.1, 0.15) is 0 Å². The van der Waals surface area contributed by atoms with E-state index in [9.17, 15) is 0 Å². The molecule has 0 spiro atoms. The zero-order chi connectivity index (χ0) is 21.1. The number of imidazole rings is 1. The number of carbonyl (C=O) groups is 1. The van der Waals surface area contributed by atoms with Crippen LogP contribution in [-0.2, 0) is 11.3 Å². The number of methoxy groups -OCH3 is 1. The van der Waals surface area contributed by atoms with Gasteiger partial charge in [-0.05, 0) is 45.3 Å². The fourth-order valence-corrected chi connectivity index (χ4v) is 3.35. The number of carboxylic acid groups (broad SMARTS) is 1. The van der Waals surface area contributed by atoms with Crippen molar-refractivity contribution < 1.29 is 19.4 Å². The summed E-state index contributed by atoms with van der Waals surface area (Å²) in [5, 5.41) is 6.89. The lowest BCUT2D eigenvalue weighted by atomic mass is 10.1. The maximum atomic E-state index is 8.36. The number of fused-ring (bicyclic) bond motifs is 1. The third-order valence-corrected chi connectivity index (χ3v) is 4.78. The minimum absolute atomic E-state index is 0.250. The van der Waals surface area contributed by atoms with Crippen LogP contribution >= 0.6 is 0 Å². The van der Waals surface area contributed by atoms with Crippen LogP contribution in [0.25, 0.3) is 11.2 Å². The topological polar surface area (TPSA) is 129 Å². The molecule has 1 saturated heterocycles. The molecule has 1 aliphatic heterocycles. The van der Waals surface area contributed by atoms with Crippen LogP contribution in [0.4, 0.5) is 5.82 Å². The Balaban J connectivity index is 0.000000941. The lowest BCUT2D eigenvalue weighted by Gasteiger charge is -2.26. The summed E-state index contributed by atoms with van der Waals surface area (Å²) in [5.41, 5.74) is 7.33. The molecule has 3 N–H and O–H groups in total. The molecule has 2 aromatic heterocycles. The van der Waals surface area contributed by atoms with Crippen LogP contribution in [0, 0.1) is 0 Å². The Morgan fingerprint density at radius 1 is 1.14 bits per heavy atom. The third-order valence-electron chi connectivity index (χ3n) is 4.78. The lowest BCUT2D eigenvalue weighted by Crippen LogP contribution is -2.31. The lowest BCUT2D eigenvalue weighted by molar-refractivity contribution is -0.122. The molecule has 1 fully saturated rings. The summed E-state index contributed by atoms with van der Waals surface area (Å²) >= 11 is 0. The molecule has 162 valence electrons. The van der Waals surface area contributed by atoms with Gasteiger partial charge in [-0.25, -0.2) is 0 Å². The number of nitrogens with two attached hydrogens (primary N) is 1. The van der Waals surface area contributed by atoms with Crippen molar-refractivity contribution in [2.45, 2.75) is 52.0 Å². The number of aromatic nitrogens is 4. The number of rotatable bonds is 9. The number of ether oxygens (including phenoxy) is 2. The van der Waals surface area contributed by atoms with E-state index in [1.165, 1.54) is 32.4 Å². The van der Waals surface area contributed by atoms with Crippen molar-refractivity contribution in [3.63, 3.8) is 0 Å². The second kappa shape index (κ2) is 12.1. The first-order valence-electron chi connectivity index (χ1n) is 10.1. The minimum Gasteiger partial charge on any atom is -0.483 e. The molecule has 0 saturated carbocycles. The van der Waals surface area contributed by atoms with Crippen molar-refractivity contribution in [3.8, 4) is 12.0 Å². The van der Waals surface area contributed by atoms with Gasteiger partial charge in [0.2, 0.25) is 0 Å². The van der Waals surface area contributed by atoms with Crippen LogP contribution in [0.2, 0.25) is 0 Å². The van der Waals surface area contributed by atoms with Crippen molar-refractivity contribution in [2.75, 3.05) is 39.1 Å². The average Bonchev–Trinajstić information content (AvgIpc) is 3.08. The van der Waals surface area contributed by atoms with Crippen LogP contribution in [0.3, 0.4) is 0 Å². The number of nitrogen functional groups attached to an aromatic ring is 1. The summed E-state index contributed by atoms with van der Waals surface area (Å²) in [6.07, 6.45) is 6.99. The number of anilines is 1. The fourth-order valence-electron chi connectivity index (χ4n) is 3.35. The molecule has 0 aromatic carbocycles. The fraction of sp³-hybridized carbons (Fsp3) is 0.684. The van der Waals surface area contributed by atoms with Crippen LogP contribution in [-0.4, -0.2) is 69.3 Å². The first kappa shape index (κ1) is 22.7. The van der Waals surface area contributed by atoms with Crippen LogP contribution < -0.4 is 15.2 Å². The van der Waals surface area contributed by atoms with Gasteiger partial charge in [0, 0.05) is 6.54 Å². The van der Waals surface area contributed by atoms with E-state index < -0.39 is 0 Å². The highest BCUT2D eigenvalue weighted by molar-refractivity contribution is 5.83. The molecular formula is C19H32N6O4. The highest BCUT2D eigenvalue weighted by atomic mass is 16.5. The van der Waals surface area contributed by atoms with E-state index in [0.29, 0.717) is 35.6 Å². The minimum atomic E-state index is -0.250. The Kier molecular flexibility index (Phi) is 9.42. The number of unbranched alkanes of at least 4 members (excludes halogenated alkanes) is 1. The highest BCUT2D eigenvalue weighted by Crippen LogP contribution is 2.25. The quantitative estimate of drug-likeness (QED) is 0.474. The summed E-state index contributed by atoms with van der Waals surface area (Å²) in [5.74, 6) is 0.328. The van der Waals surface area contributed by atoms with E-state index in [1.54, 1.807) is 7.11 Å². The summed E-state index contributed by atoms with van der Waals surface area (Å²) in [4.78, 5) is 24.1. The van der Waals surface area contributed by atoms with Gasteiger partial charge >= 0.3 is 6.01 Å². The first-order chi connectivity index (χ1) is 14.1. The van der Waals surface area contributed by atoms with Crippen LogP contribution in [0.1, 0.15) is 45.4 Å². The third kappa shape index (κ3) is 6.45. The van der Waals surface area contributed by atoms with Gasteiger partial charge in [-0.3, -0.25) is 9.36 Å². The molecule has 0 unspecified atom stereocenters. The summed E-state index contributed by atoms with van der Waals surface area (Å²) in [7, 11) is 1.62. The predicted octanol–water partition coefficient (Wildman–Crippen LogP) is 2.17. The van der Waals surface area contributed by atoms with Crippen LogP contribution in [0.15, 0.2) is 0 Å². The molecule has 0 aliphatic carbocycles. The van der Waals surface area contributed by atoms with Crippen LogP contribution in [0.5, 0.6) is 12.0 Å². The zero-order valence-corrected chi connectivity index (χ0v) is 17.3. The van der Waals surface area contributed by atoms with Gasteiger partial charge < -0.3 is 25.2 Å². The Hall–Kier alpha value is -2.62. The number of nitrogens with zero attached hydrogens (tertiary/aromatic N) is 5. The van der Waals surface area contributed by atoms with Crippen molar-refractivity contribution >= 4 is 23.5 Å². The number of piperidine rings is 1. The van der Waals surface area contributed by atoms with Gasteiger partial charge in [-0.15, -0.1) is 0 Å². The average molecular weight is 409 g/mol. The number of likely N-dealkylation sites (tertiary alicyclic amines) is 1. The molecular weight excluding hydrogens is 376 g/mol. The standard InChI is InChI=1S/C18H30N6O2.CH2O2/c1-3-4-13-26-17-21-15(19)14-16(22-17)24(18(20-14)25-2)12-8-11-23-9-6-5-7-10-23;2-1-3/h3-13H2,1-2H3,(H2,19,21,22);1H,(H,2,3). The maximum absolute atomic E-state index is 8.36. The summed E-state index contributed by atoms with van der Waals surface area (Å²) in [6, 6.07) is 0.827. The van der Waals surface area contributed by atoms with Gasteiger partial charge in [0.25, 0.3) is 12.5 Å². The Labute approximate surface area is 171 Å². The molecule has 0 atom stereocenters. The molecule has 1 aliphatic rings. The van der Waals surface area contributed by atoms with Crippen molar-refractivity contribution in [2.24, 2.45) is 0 Å². The first-order valence-corrected chi connectivity index (χ1v) is 10.1. The zero-order valence-electron chi connectivity index (χ0n) is 17.3. The predicted molar refractivity (Wildman–Crippen MR) is 110 cm³/mol. The van der Waals surface area contributed by atoms with E-state index in [2.05, 4.69) is 26.8 Å². The van der Waals surface area contributed by atoms with E-state index >= 15 is 0 Å². The Morgan fingerprint density at radius 2 is 1.86 bits per heavy atom. The largest absolute Gasteiger partial charge is 0.483 e. The molecule has 3 heterocycles.